The number of nitrogens with zero attached hydrogens (tertiary/aromatic N) is 2. The van der Waals surface area contributed by atoms with E-state index in [-0.39, 0.29) is 23.7 Å². The van der Waals surface area contributed by atoms with Crippen LogP contribution in [0.15, 0.2) is 52.3 Å². The van der Waals surface area contributed by atoms with Gasteiger partial charge in [0.15, 0.2) is 0 Å². The molecule has 0 saturated heterocycles. The Morgan fingerprint density at radius 2 is 1.82 bits per heavy atom. The number of carbonyl (C=O) groups excluding carboxylic acids is 2. The molecule has 1 N–H and O–H groups in total. The fraction of sp³-hybridized carbons (Fsp3) is 0.300. The summed E-state index contributed by atoms with van der Waals surface area (Å²) in [5.74, 6) is -0.678. The van der Waals surface area contributed by atoms with Crippen molar-refractivity contribution < 1.29 is 14.5 Å². The lowest BCUT2D eigenvalue weighted by Gasteiger charge is -2.20. The molecule has 28 heavy (non-hydrogen) atoms. The molecule has 0 radical (unpaired) electrons. The first-order valence-electron chi connectivity index (χ1n) is 8.94. The van der Waals surface area contributed by atoms with Gasteiger partial charge in [-0.1, -0.05) is 29.5 Å². The summed E-state index contributed by atoms with van der Waals surface area (Å²) < 4.78 is 0. The molecule has 0 fully saturated rings. The van der Waals surface area contributed by atoms with Crippen LogP contribution in [0.2, 0.25) is 0 Å². The van der Waals surface area contributed by atoms with Crippen LogP contribution in [0.4, 0.5) is 5.69 Å². The first-order chi connectivity index (χ1) is 13.3. The molecule has 0 saturated carbocycles. The summed E-state index contributed by atoms with van der Waals surface area (Å²) >= 11 is 1.27. The van der Waals surface area contributed by atoms with Crippen LogP contribution in [0.1, 0.15) is 29.8 Å². The van der Waals surface area contributed by atoms with E-state index in [1.807, 2.05) is 31.2 Å². The van der Waals surface area contributed by atoms with Crippen molar-refractivity contribution in [1.82, 2.24) is 10.2 Å². The average molecular weight is 401 g/mol. The molecule has 0 bridgehead atoms. The number of benzene rings is 2. The smallest absolute Gasteiger partial charge is 0.284 e. The molecular formula is C20H23N3O4S. The first-order valence-corrected chi connectivity index (χ1v) is 9.76. The van der Waals surface area contributed by atoms with Gasteiger partial charge in [-0.05, 0) is 45.0 Å². The van der Waals surface area contributed by atoms with E-state index in [2.05, 4.69) is 5.32 Å². The third-order valence-corrected chi connectivity index (χ3v) is 5.10. The fourth-order valence-electron chi connectivity index (χ4n) is 2.55. The van der Waals surface area contributed by atoms with E-state index in [9.17, 15) is 19.7 Å². The lowest BCUT2D eigenvalue weighted by atomic mass is 10.1. The first kappa shape index (κ1) is 21.4. The van der Waals surface area contributed by atoms with Gasteiger partial charge in [0, 0.05) is 29.6 Å². The summed E-state index contributed by atoms with van der Waals surface area (Å²) in [5, 5.41) is 14.2. The van der Waals surface area contributed by atoms with Gasteiger partial charge in [0.2, 0.25) is 5.91 Å². The molecule has 0 heterocycles. The number of amides is 2. The van der Waals surface area contributed by atoms with Crippen molar-refractivity contribution in [1.29, 1.82) is 0 Å². The van der Waals surface area contributed by atoms with E-state index in [1.54, 1.807) is 26.0 Å². The molecule has 0 atom stereocenters. The largest absolute Gasteiger partial charge is 0.355 e. The lowest BCUT2D eigenvalue weighted by molar-refractivity contribution is -0.387. The van der Waals surface area contributed by atoms with Crippen molar-refractivity contribution >= 4 is 29.3 Å². The number of nitro groups is 1. The Bertz CT molecular complexity index is 868. The van der Waals surface area contributed by atoms with Crippen molar-refractivity contribution in [2.24, 2.45) is 0 Å². The van der Waals surface area contributed by atoms with Crippen LogP contribution >= 0.6 is 11.8 Å². The molecule has 2 amide bonds. The van der Waals surface area contributed by atoms with Gasteiger partial charge in [-0.15, -0.1) is 0 Å². The molecule has 148 valence electrons. The molecule has 7 nitrogen and oxygen atoms in total. The fourth-order valence-corrected chi connectivity index (χ4v) is 3.45. The zero-order chi connectivity index (χ0) is 20.7. The summed E-state index contributed by atoms with van der Waals surface area (Å²) in [7, 11) is 0. The topological polar surface area (TPSA) is 92.6 Å². The van der Waals surface area contributed by atoms with Gasteiger partial charge >= 0.3 is 0 Å². The number of hydrogen-bond acceptors (Lipinski definition) is 5. The standard InChI is InChI=1S/C20H23N3O4S/c1-4-21-19(24)13-22(5-2)20(25)15-8-11-18(17(12-15)23(26)27)28-16-9-6-14(3)7-10-16/h6-12H,4-5,13H2,1-3H3,(H,21,24). The van der Waals surface area contributed by atoms with Gasteiger partial charge in [-0.25, -0.2) is 0 Å². The minimum absolute atomic E-state index is 0.0865. The number of aryl methyl sites for hydroxylation is 1. The summed E-state index contributed by atoms with van der Waals surface area (Å²) in [5.41, 5.74) is 1.16. The zero-order valence-corrected chi connectivity index (χ0v) is 16.9. The number of nitrogens with one attached hydrogen (secondary N) is 1. The number of hydrogen-bond donors (Lipinski definition) is 1. The maximum Gasteiger partial charge on any atom is 0.284 e. The monoisotopic (exact) mass is 401 g/mol. The molecule has 2 aromatic rings. The highest BCUT2D eigenvalue weighted by molar-refractivity contribution is 7.99. The second-order valence-electron chi connectivity index (χ2n) is 6.13. The highest BCUT2D eigenvalue weighted by Gasteiger charge is 2.22. The van der Waals surface area contributed by atoms with Crippen molar-refractivity contribution in [2.45, 2.75) is 30.6 Å². The molecule has 0 aliphatic heterocycles. The van der Waals surface area contributed by atoms with Crippen LogP contribution in [0.3, 0.4) is 0 Å². The van der Waals surface area contributed by atoms with Gasteiger partial charge < -0.3 is 10.2 Å². The molecule has 0 unspecified atom stereocenters. The van der Waals surface area contributed by atoms with E-state index in [4.69, 9.17) is 0 Å². The predicted octanol–water partition coefficient (Wildman–Crippen LogP) is 3.65. The normalized spacial score (nSPS) is 10.4. The molecule has 8 heteroatoms. The molecule has 0 aliphatic rings. The molecular weight excluding hydrogens is 378 g/mol. The van der Waals surface area contributed by atoms with Gasteiger partial charge in [0.25, 0.3) is 11.6 Å². The van der Waals surface area contributed by atoms with Crippen molar-refractivity contribution in [3.05, 3.63) is 63.7 Å². The van der Waals surface area contributed by atoms with E-state index in [0.29, 0.717) is 18.0 Å². The van der Waals surface area contributed by atoms with Gasteiger partial charge in [0.1, 0.15) is 0 Å². The summed E-state index contributed by atoms with van der Waals surface area (Å²) in [6, 6.07) is 12.1. The minimum Gasteiger partial charge on any atom is -0.355 e. The zero-order valence-electron chi connectivity index (χ0n) is 16.1. The van der Waals surface area contributed by atoms with Gasteiger partial charge in [-0.3, -0.25) is 19.7 Å². The summed E-state index contributed by atoms with van der Waals surface area (Å²) in [6.07, 6.45) is 0. The van der Waals surface area contributed by atoms with Crippen LogP contribution in [-0.2, 0) is 4.79 Å². The van der Waals surface area contributed by atoms with E-state index >= 15 is 0 Å². The minimum atomic E-state index is -0.493. The van der Waals surface area contributed by atoms with Crippen LogP contribution in [0.5, 0.6) is 0 Å². The molecule has 0 aliphatic carbocycles. The van der Waals surface area contributed by atoms with E-state index in [0.717, 1.165) is 10.5 Å². The quantitative estimate of drug-likeness (QED) is 0.538. The lowest BCUT2D eigenvalue weighted by Crippen LogP contribution is -2.40. The Labute approximate surface area is 168 Å². The van der Waals surface area contributed by atoms with Crippen molar-refractivity contribution in [2.75, 3.05) is 19.6 Å². The van der Waals surface area contributed by atoms with Crippen LogP contribution < -0.4 is 5.32 Å². The maximum atomic E-state index is 12.7. The van der Waals surface area contributed by atoms with E-state index in [1.165, 1.54) is 22.7 Å². The van der Waals surface area contributed by atoms with Crippen LogP contribution in [-0.4, -0.2) is 41.3 Å². The maximum absolute atomic E-state index is 12.7. The summed E-state index contributed by atoms with van der Waals surface area (Å²) in [6.45, 7) is 6.23. The Hall–Kier alpha value is -2.87. The molecule has 0 spiro atoms. The average Bonchev–Trinajstić information content (AvgIpc) is 2.67. The van der Waals surface area contributed by atoms with E-state index < -0.39 is 10.8 Å². The highest BCUT2D eigenvalue weighted by atomic mass is 32.2. The molecule has 2 aromatic carbocycles. The number of nitro benzene ring substituents is 1. The summed E-state index contributed by atoms with van der Waals surface area (Å²) in [4.78, 5) is 38.2. The SMILES string of the molecule is CCNC(=O)CN(CC)C(=O)c1ccc(Sc2ccc(C)cc2)c([N+](=O)[O-])c1. The van der Waals surface area contributed by atoms with Gasteiger partial charge in [0.05, 0.1) is 16.4 Å². The number of rotatable bonds is 8. The third-order valence-electron chi connectivity index (χ3n) is 4.03. The Morgan fingerprint density at radius 1 is 1.14 bits per heavy atom. The molecule has 2 rings (SSSR count). The highest BCUT2D eigenvalue weighted by Crippen LogP contribution is 2.35. The Morgan fingerprint density at radius 3 is 2.39 bits per heavy atom. The van der Waals surface area contributed by atoms with Crippen molar-refractivity contribution in [3.63, 3.8) is 0 Å². The van der Waals surface area contributed by atoms with Crippen LogP contribution in [0.25, 0.3) is 0 Å². The van der Waals surface area contributed by atoms with Crippen LogP contribution in [0, 0.1) is 17.0 Å². The second-order valence-corrected chi connectivity index (χ2v) is 7.24. The predicted molar refractivity (Wildman–Crippen MR) is 109 cm³/mol. The van der Waals surface area contributed by atoms with Crippen molar-refractivity contribution in [3.8, 4) is 0 Å². The Kier molecular flexibility index (Phi) is 7.57. The Balaban J connectivity index is 2.27. The third kappa shape index (κ3) is 5.56. The second kappa shape index (κ2) is 9.89. The molecule has 0 aromatic heterocycles. The number of likely N-dealkylation sites (N-methyl/N-ethyl adjacent to an activating group) is 2. The van der Waals surface area contributed by atoms with Gasteiger partial charge in [-0.2, -0.15) is 0 Å². The number of carbonyl (C=O) groups is 2.